The lowest BCUT2D eigenvalue weighted by Gasteiger charge is -2.15. The number of hydrogen-bond donors (Lipinski definition) is 1. The number of carbonyl (C=O) groups is 1. The summed E-state index contributed by atoms with van der Waals surface area (Å²) in [5.74, 6) is -1.33. The van der Waals surface area contributed by atoms with Crippen LogP contribution in [0.3, 0.4) is 0 Å². The van der Waals surface area contributed by atoms with Gasteiger partial charge in [0, 0.05) is 12.1 Å². The van der Waals surface area contributed by atoms with Gasteiger partial charge in [0.1, 0.15) is 12.1 Å². The molecule has 7 nitrogen and oxygen atoms in total. The zero-order valence-corrected chi connectivity index (χ0v) is 13.6. The molecule has 0 unspecified atom stereocenters. The summed E-state index contributed by atoms with van der Waals surface area (Å²) < 4.78 is 25.4. The zero-order chi connectivity index (χ0) is 16.3. The number of sulfone groups is 1. The first kappa shape index (κ1) is 16.4. The zero-order valence-electron chi connectivity index (χ0n) is 12.0. The van der Waals surface area contributed by atoms with Gasteiger partial charge in [0.25, 0.3) is 0 Å². The fourth-order valence-electron chi connectivity index (χ4n) is 1.98. The second-order valence-electron chi connectivity index (χ2n) is 4.79. The highest BCUT2D eigenvalue weighted by molar-refractivity contribution is 7.91. The highest BCUT2D eigenvalue weighted by atomic mass is 35.5. The van der Waals surface area contributed by atoms with Crippen molar-refractivity contribution in [2.45, 2.75) is 18.1 Å². The summed E-state index contributed by atoms with van der Waals surface area (Å²) >= 11 is 6.05. The quantitative estimate of drug-likeness (QED) is 0.878. The molecule has 0 saturated heterocycles. The van der Waals surface area contributed by atoms with Crippen LogP contribution >= 0.6 is 11.6 Å². The van der Waals surface area contributed by atoms with Crippen molar-refractivity contribution in [3.8, 4) is 0 Å². The van der Waals surface area contributed by atoms with E-state index < -0.39 is 27.5 Å². The molecule has 0 aliphatic rings. The molecule has 2 rings (SSSR count). The Hall–Kier alpha value is -1.93. The van der Waals surface area contributed by atoms with E-state index in [1.165, 1.54) is 17.9 Å². The maximum Gasteiger partial charge on any atom is 0.249 e. The second kappa shape index (κ2) is 6.45. The summed E-state index contributed by atoms with van der Waals surface area (Å²) in [4.78, 5) is 12.0. The fraction of sp³-hybridized carbons (Fsp3) is 0.308. The maximum absolute atomic E-state index is 12.1. The van der Waals surface area contributed by atoms with Crippen molar-refractivity contribution in [1.29, 1.82) is 0 Å². The summed E-state index contributed by atoms with van der Waals surface area (Å²) in [6.45, 7) is 1.73. The number of benzene rings is 1. The maximum atomic E-state index is 12.1. The number of hydrogen-bond acceptors (Lipinski definition) is 5. The molecule has 118 valence electrons. The fourth-order valence-corrected chi connectivity index (χ4v) is 3.49. The van der Waals surface area contributed by atoms with Gasteiger partial charge >= 0.3 is 0 Å². The smallest absolute Gasteiger partial charge is 0.249 e. The number of carbonyl (C=O) groups excluding carboxylic acids is 1. The van der Waals surface area contributed by atoms with Gasteiger partial charge in [-0.05, 0) is 18.6 Å². The van der Waals surface area contributed by atoms with Crippen LogP contribution in [0, 0.1) is 0 Å². The van der Waals surface area contributed by atoms with Crippen LogP contribution in [0.2, 0.25) is 5.02 Å². The van der Waals surface area contributed by atoms with Crippen molar-refractivity contribution in [1.82, 2.24) is 20.1 Å². The van der Waals surface area contributed by atoms with Gasteiger partial charge in [-0.1, -0.05) is 29.8 Å². The lowest BCUT2D eigenvalue weighted by atomic mass is 10.1. The molecule has 1 N–H and O–H groups in total. The van der Waals surface area contributed by atoms with Gasteiger partial charge in [-0.15, -0.1) is 10.2 Å². The van der Waals surface area contributed by atoms with Crippen LogP contribution in [0.4, 0.5) is 0 Å². The van der Waals surface area contributed by atoms with Crippen LogP contribution in [0.1, 0.15) is 18.5 Å². The van der Waals surface area contributed by atoms with Crippen LogP contribution in [-0.2, 0) is 21.7 Å². The molecule has 22 heavy (non-hydrogen) atoms. The summed E-state index contributed by atoms with van der Waals surface area (Å²) in [5.41, 5.74) is 0.716. The van der Waals surface area contributed by atoms with Crippen LogP contribution in [0.25, 0.3) is 0 Å². The summed E-state index contributed by atoms with van der Waals surface area (Å²) in [7, 11) is -2.34. The van der Waals surface area contributed by atoms with Crippen molar-refractivity contribution in [3.05, 3.63) is 41.2 Å². The Morgan fingerprint density at radius 2 is 2.09 bits per heavy atom. The Bertz CT molecular complexity index is 788. The largest absolute Gasteiger partial charge is 0.349 e. The van der Waals surface area contributed by atoms with E-state index in [0.717, 1.165) is 0 Å². The molecule has 0 aliphatic carbocycles. The molecule has 2 aromatic rings. The van der Waals surface area contributed by atoms with E-state index >= 15 is 0 Å². The number of halogens is 1. The molecule has 0 fully saturated rings. The SMILES string of the molecule is C[C@H](NC(=O)CS(=O)(=O)c1nncn1C)c1ccccc1Cl. The van der Waals surface area contributed by atoms with E-state index in [1.54, 1.807) is 31.2 Å². The number of amides is 1. The van der Waals surface area contributed by atoms with Gasteiger partial charge in [0.15, 0.2) is 0 Å². The Labute approximate surface area is 133 Å². The lowest BCUT2D eigenvalue weighted by molar-refractivity contribution is -0.119. The first-order valence-corrected chi connectivity index (χ1v) is 8.45. The Morgan fingerprint density at radius 1 is 1.41 bits per heavy atom. The van der Waals surface area contributed by atoms with E-state index in [9.17, 15) is 13.2 Å². The van der Waals surface area contributed by atoms with Crippen molar-refractivity contribution >= 4 is 27.3 Å². The highest BCUT2D eigenvalue weighted by Gasteiger charge is 2.25. The van der Waals surface area contributed by atoms with Crippen molar-refractivity contribution in [2.75, 3.05) is 5.75 Å². The van der Waals surface area contributed by atoms with Crippen molar-refractivity contribution < 1.29 is 13.2 Å². The monoisotopic (exact) mass is 342 g/mol. The molecule has 1 heterocycles. The first-order valence-electron chi connectivity index (χ1n) is 6.42. The summed E-state index contributed by atoms with van der Waals surface area (Å²) in [6.07, 6.45) is 1.26. The average Bonchev–Trinajstić information content (AvgIpc) is 2.85. The van der Waals surface area contributed by atoms with Gasteiger partial charge in [-0.3, -0.25) is 4.79 Å². The van der Waals surface area contributed by atoms with Gasteiger partial charge in [-0.2, -0.15) is 0 Å². The molecule has 1 aromatic heterocycles. The van der Waals surface area contributed by atoms with E-state index in [0.29, 0.717) is 10.6 Å². The number of aryl methyl sites for hydroxylation is 1. The summed E-state index contributed by atoms with van der Waals surface area (Å²) in [6, 6.07) is 6.63. The number of nitrogens with one attached hydrogen (secondary N) is 1. The van der Waals surface area contributed by atoms with Gasteiger partial charge in [0.2, 0.25) is 20.9 Å². The lowest BCUT2D eigenvalue weighted by Crippen LogP contribution is -2.33. The molecule has 1 atom stereocenters. The number of aromatic nitrogens is 3. The van der Waals surface area contributed by atoms with E-state index in [2.05, 4.69) is 15.5 Å². The Balaban J connectivity index is 2.08. The van der Waals surface area contributed by atoms with E-state index in [4.69, 9.17) is 11.6 Å². The molecule has 0 bridgehead atoms. The first-order chi connectivity index (χ1) is 10.3. The van der Waals surface area contributed by atoms with Gasteiger partial charge < -0.3 is 9.88 Å². The van der Waals surface area contributed by atoms with Crippen molar-refractivity contribution in [3.63, 3.8) is 0 Å². The minimum atomic E-state index is -3.84. The predicted octanol–water partition coefficient (Wildman–Crippen LogP) is 1.12. The normalized spacial score (nSPS) is 12.9. The minimum absolute atomic E-state index is 0.243. The Kier molecular flexibility index (Phi) is 4.82. The molecule has 9 heteroatoms. The van der Waals surface area contributed by atoms with Crippen LogP contribution in [-0.4, -0.2) is 34.8 Å². The van der Waals surface area contributed by atoms with Gasteiger partial charge in [-0.25, -0.2) is 8.42 Å². The molecular weight excluding hydrogens is 328 g/mol. The molecule has 0 spiro atoms. The molecule has 0 radical (unpaired) electrons. The molecule has 1 aromatic carbocycles. The third kappa shape index (κ3) is 3.63. The topological polar surface area (TPSA) is 93.9 Å². The summed E-state index contributed by atoms with van der Waals surface area (Å²) in [5, 5.41) is 9.89. The van der Waals surface area contributed by atoms with Crippen molar-refractivity contribution in [2.24, 2.45) is 7.05 Å². The molecule has 0 aliphatic heterocycles. The van der Waals surface area contributed by atoms with Crippen LogP contribution < -0.4 is 5.32 Å². The molecular formula is C13H15ClN4O3S. The third-order valence-electron chi connectivity index (χ3n) is 3.02. The molecule has 0 saturated carbocycles. The standard InChI is InChI=1S/C13H15ClN4O3S/c1-9(10-5-3-4-6-11(10)14)16-12(19)7-22(20,21)13-17-15-8-18(13)2/h3-6,8-9H,7H2,1-2H3,(H,16,19)/t9-/m0/s1. The van der Waals surface area contributed by atoms with E-state index in [1.807, 2.05) is 0 Å². The second-order valence-corrected chi connectivity index (χ2v) is 7.08. The average molecular weight is 343 g/mol. The number of rotatable bonds is 5. The van der Waals surface area contributed by atoms with Crippen LogP contribution in [0.5, 0.6) is 0 Å². The Morgan fingerprint density at radius 3 is 2.68 bits per heavy atom. The van der Waals surface area contributed by atoms with Gasteiger partial charge in [0.05, 0.1) is 6.04 Å². The number of nitrogens with zero attached hydrogens (tertiary/aromatic N) is 3. The predicted molar refractivity (Wildman–Crippen MR) is 81.1 cm³/mol. The minimum Gasteiger partial charge on any atom is -0.349 e. The third-order valence-corrected chi connectivity index (χ3v) is 4.93. The highest BCUT2D eigenvalue weighted by Crippen LogP contribution is 2.22. The van der Waals surface area contributed by atoms with E-state index in [-0.39, 0.29) is 5.16 Å². The van der Waals surface area contributed by atoms with Crippen LogP contribution in [0.15, 0.2) is 35.7 Å². The molecule has 1 amide bonds.